The number of ether oxygens (including phenoxy) is 2. The van der Waals surface area contributed by atoms with Gasteiger partial charge in [-0.25, -0.2) is 4.98 Å². The molecule has 302 valence electrons. The largest absolute Gasteiger partial charge is 0.496 e. The minimum Gasteiger partial charge on any atom is -0.496 e. The summed E-state index contributed by atoms with van der Waals surface area (Å²) in [4.78, 5) is 55.5. The summed E-state index contributed by atoms with van der Waals surface area (Å²) in [6.07, 6.45) is 3.04. The van der Waals surface area contributed by atoms with Crippen LogP contribution in [0.3, 0.4) is 0 Å². The van der Waals surface area contributed by atoms with E-state index in [1.54, 1.807) is 36.2 Å². The summed E-state index contributed by atoms with van der Waals surface area (Å²) < 4.78 is 11.8. The first-order chi connectivity index (χ1) is 25.0. The monoisotopic (exact) mass is 820 g/mol. The number of halogens is 3. The number of aromatic amines is 1. The number of hydrogen-bond acceptors (Lipinski definition) is 9. The summed E-state index contributed by atoms with van der Waals surface area (Å²) in [5.74, 6) is 1.05. The lowest BCUT2D eigenvalue weighted by molar-refractivity contribution is -0.132. The highest BCUT2D eigenvalue weighted by Crippen LogP contribution is 2.32. The molecular weight excluding hydrogens is 767 g/mol. The van der Waals surface area contributed by atoms with Crippen molar-refractivity contribution in [3.63, 3.8) is 0 Å². The lowest BCUT2D eigenvalue weighted by atomic mass is 10.1. The molecule has 5 rings (SSSR count). The zero-order valence-electron chi connectivity index (χ0n) is 32.5. The van der Waals surface area contributed by atoms with Crippen LogP contribution in [-0.4, -0.2) is 124 Å². The van der Waals surface area contributed by atoms with Gasteiger partial charge in [0.25, 0.3) is 11.8 Å². The number of unbranched alkanes of at least 4 members (excludes halogenated alkanes) is 2. The lowest BCUT2D eigenvalue weighted by Crippen LogP contribution is -2.47. The molecule has 0 atom stereocenters. The second kappa shape index (κ2) is 22.3. The molecule has 0 bridgehead atoms. The Morgan fingerprint density at radius 2 is 1.65 bits per heavy atom. The summed E-state index contributed by atoms with van der Waals surface area (Å²) >= 11 is 0. The van der Waals surface area contributed by atoms with E-state index >= 15 is 0 Å². The summed E-state index contributed by atoms with van der Waals surface area (Å²) in [6.45, 7) is 7.45. The number of methoxy groups -OCH3 is 1. The third-order valence-electron chi connectivity index (χ3n) is 9.24. The Hall–Kier alpha value is -4.27. The van der Waals surface area contributed by atoms with Gasteiger partial charge in [-0.2, -0.15) is 0 Å². The van der Waals surface area contributed by atoms with E-state index in [4.69, 9.17) is 9.47 Å². The van der Waals surface area contributed by atoms with Crippen LogP contribution in [0.4, 0.5) is 17.3 Å². The van der Waals surface area contributed by atoms with Crippen LogP contribution in [0, 0.1) is 6.92 Å². The minimum atomic E-state index is -0.389. The van der Waals surface area contributed by atoms with Crippen molar-refractivity contribution in [2.24, 2.45) is 0 Å². The third kappa shape index (κ3) is 12.6. The molecule has 2 heterocycles. The second-order valence-corrected chi connectivity index (χ2v) is 13.6. The molecule has 1 saturated heterocycles. The zero-order chi connectivity index (χ0) is 37.2. The summed E-state index contributed by atoms with van der Waals surface area (Å²) in [6, 6.07) is 16.1. The molecule has 0 unspecified atom stereocenters. The lowest BCUT2D eigenvalue weighted by Gasteiger charge is -2.32. The SMILES string of the molecule is COc1cc(C(=O)N(C)c2ccc(C)cc2OCCCCCC(=O)N2CCN(C)CC2)ccc1C(=O)Nc1cccc2[nH]c(NCCN(C)C)nc12.Cl.Cl.Cl. The number of amides is 3. The number of H-pyrrole nitrogens is 1. The van der Waals surface area contributed by atoms with Gasteiger partial charge in [-0.3, -0.25) is 14.4 Å². The molecule has 1 fully saturated rings. The van der Waals surface area contributed by atoms with Gasteiger partial charge in [-0.05, 0) is 95.4 Å². The molecule has 4 aromatic rings. The van der Waals surface area contributed by atoms with Crippen molar-refractivity contribution >= 4 is 83.3 Å². The van der Waals surface area contributed by atoms with Gasteiger partial charge in [0, 0.05) is 58.3 Å². The molecule has 3 N–H and O–H groups in total. The quantitative estimate of drug-likeness (QED) is 0.110. The predicted octanol–water partition coefficient (Wildman–Crippen LogP) is 6.36. The topological polar surface area (TPSA) is 135 Å². The van der Waals surface area contributed by atoms with Crippen LogP contribution in [0.2, 0.25) is 0 Å². The number of nitrogens with one attached hydrogen (secondary N) is 3. The Kier molecular flexibility index (Phi) is 19.0. The van der Waals surface area contributed by atoms with Crippen LogP contribution in [0.25, 0.3) is 11.0 Å². The standard InChI is InChI=1S/C39H52N8O5.3ClH/c1-27-14-17-32(34(25-27)52-24-9-7-8-13-35(48)47-22-20-45(4)21-23-47)46(5)38(50)28-15-16-29(33(26-28)51-6)37(49)41-30-11-10-12-31-36(30)43-39(42-31)40-18-19-44(2)3;;;/h10-12,14-17,25-26H,7-9,13,18-24H2,1-6H3,(H,41,49)(H2,40,42,43);3*1H. The number of anilines is 3. The van der Waals surface area contributed by atoms with Gasteiger partial charge in [0.1, 0.15) is 17.0 Å². The first kappa shape index (κ1) is 46.9. The highest BCUT2D eigenvalue weighted by Gasteiger charge is 2.22. The molecule has 0 aliphatic carbocycles. The summed E-state index contributed by atoms with van der Waals surface area (Å²) in [7, 11) is 9.26. The molecule has 16 heteroatoms. The van der Waals surface area contributed by atoms with Crippen molar-refractivity contribution in [2.75, 3.05) is 96.7 Å². The number of rotatable bonds is 16. The van der Waals surface area contributed by atoms with E-state index in [0.29, 0.717) is 53.7 Å². The van der Waals surface area contributed by atoms with E-state index < -0.39 is 0 Å². The van der Waals surface area contributed by atoms with E-state index in [1.165, 1.54) is 7.11 Å². The Morgan fingerprint density at radius 1 is 0.909 bits per heavy atom. The predicted molar refractivity (Wildman–Crippen MR) is 228 cm³/mol. The molecule has 1 aromatic heterocycles. The van der Waals surface area contributed by atoms with Gasteiger partial charge in [-0.15, -0.1) is 37.2 Å². The van der Waals surface area contributed by atoms with Crippen LogP contribution >= 0.6 is 37.2 Å². The van der Waals surface area contributed by atoms with Gasteiger partial charge < -0.3 is 44.7 Å². The number of likely N-dealkylation sites (N-methyl/N-ethyl adjacent to an activating group) is 2. The van der Waals surface area contributed by atoms with Crippen molar-refractivity contribution in [3.05, 3.63) is 71.3 Å². The van der Waals surface area contributed by atoms with Crippen LogP contribution in [0.5, 0.6) is 11.5 Å². The number of benzene rings is 3. The third-order valence-corrected chi connectivity index (χ3v) is 9.24. The molecular formula is C39H55Cl3N8O5. The first-order valence-corrected chi connectivity index (χ1v) is 17.9. The molecule has 13 nitrogen and oxygen atoms in total. The zero-order valence-corrected chi connectivity index (χ0v) is 34.9. The molecule has 1 aliphatic heterocycles. The smallest absolute Gasteiger partial charge is 0.259 e. The summed E-state index contributed by atoms with van der Waals surface area (Å²) in [5, 5.41) is 6.23. The highest BCUT2D eigenvalue weighted by molar-refractivity contribution is 6.11. The van der Waals surface area contributed by atoms with Crippen molar-refractivity contribution < 1.29 is 23.9 Å². The molecule has 0 spiro atoms. The number of piperazine rings is 1. The van der Waals surface area contributed by atoms with Crippen molar-refractivity contribution in [2.45, 2.75) is 32.6 Å². The van der Waals surface area contributed by atoms with E-state index in [2.05, 4.69) is 37.4 Å². The molecule has 3 amide bonds. The molecule has 55 heavy (non-hydrogen) atoms. The van der Waals surface area contributed by atoms with E-state index in [-0.39, 0.29) is 66.3 Å². The van der Waals surface area contributed by atoms with Gasteiger partial charge in [0.15, 0.2) is 0 Å². The number of aromatic nitrogens is 2. The summed E-state index contributed by atoms with van der Waals surface area (Å²) in [5.41, 5.74) is 4.24. The van der Waals surface area contributed by atoms with Crippen LogP contribution in [0.15, 0.2) is 54.6 Å². The van der Waals surface area contributed by atoms with Crippen LogP contribution < -0.4 is 25.0 Å². The van der Waals surface area contributed by atoms with Gasteiger partial charge >= 0.3 is 0 Å². The maximum atomic E-state index is 13.8. The molecule has 0 saturated carbocycles. The van der Waals surface area contributed by atoms with Gasteiger partial charge in [0.2, 0.25) is 11.9 Å². The Bertz CT molecular complexity index is 1870. The Morgan fingerprint density at radius 3 is 2.36 bits per heavy atom. The average Bonchev–Trinajstić information content (AvgIpc) is 3.56. The Labute approximate surface area is 342 Å². The second-order valence-electron chi connectivity index (χ2n) is 13.6. The van der Waals surface area contributed by atoms with E-state index in [9.17, 15) is 14.4 Å². The van der Waals surface area contributed by atoms with Gasteiger partial charge in [0.05, 0.1) is 36.2 Å². The fraction of sp³-hybridized carbons (Fsp3) is 0.436. The maximum absolute atomic E-state index is 13.8. The molecule has 1 aliphatic rings. The number of carbonyl (C=O) groups is 3. The number of imidazole rings is 1. The van der Waals surface area contributed by atoms with Crippen molar-refractivity contribution in [1.29, 1.82) is 0 Å². The van der Waals surface area contributed by atoms with Crippen LogP contribution in [-0.2, 0) is 4.79 Å². The van der Waals surface area contributed by atoms with Crippen molar-refractivity contribution in [1.82, 2.24) is 24.7 Å². The van der Waals surface area contributed by atoms with Crippen molar-refractivity contribution in [3.8, 4) is 11.5 Å². The van der Waals surface area contributed by atoms with Gasteiger partial charge in [-0.1, -0.05) is 12.1 Å². The fourth-order valence-corrected chi connectivity index (χ4v) is 6.08. The number of fused-ring (bicyclic) bond motifs is 1. The minimum absolute atomic E-state index is 0. The molecule has 3 aromatic carbocycles. The number of carbonyl (C=O) groups excluding carboxylic acids is 3. The van der Waals surface area contributed by atoms with Crippen LogP contribution in [0.1, 0.15) is 52.0 Å². The first-order valence-electron chi connectivity index (χ1n) is 17.9. The molecule has 0 radical (unpaired) electrons. The normalized spacial score (nSPS) is 12.6. The average molecular weight is 822 g/mol. The number of para-hydroxylation sites is 1. The highest BCUT2D eigenvalue weighted by atomic mass is 35.5. The fourth-order valence-electron chi connectivity index (χ4n) is 6.08. The number of hydrogen-bond donors (Lipinski definition) is 3. The van der Waals surface area contributed by atoms with E-state index in [1.807, 2.05) is 56.3 Å². The van der Waals surface area contributed by atoms with E-state index in [0.717, 1.165) is 63.1 Å². The number of aryl methyl sites for hydroxylation is 1. The maximum Gasteiger partial charge on any atom is 0.259 e. The Balaban J connectivity index is 0.00000348. The number of nitrogens with zero attached hydrogens (tertiary/aromatic N) is 5.